The quantitative estimate of drug-likeness (QED) is 0.133. The zero-order valence-electron chi connectivity index (χ0n) is 29.6. The van der Waals surface area contributed by atoms with Crippen molar-refractivity contribution in [2.75, 3.05) is 23.0 Å². The van der Waals surface area contributed by atoms with E-state index in [1.807, 2.05) is 85.8 Å². The third-order valence-electron chi connectivity index (χ3n) is 10.9. The van der Waals surface area contributed by atoms with Crippen molar-refractivity contribution in [2.45, 2.75) is 69.6 Å². The fourth-order valence-corrected chi connectivity index (χ4v) is 11.2. The maximum absolute atomic E-state index is 16.4. The highest BCUT2D eigenvalue weighted by molar-refractivity contribution is 6.72. The summed E-state index contributed by atoms with van der Waals surface area (Å²) in [5, 5.41) is 10.2. The molecule has 0 unspecified atom stereocenters. The molecule has 3 amide bonds. The van der Waals surface area contributed by atoms with Crippen LogP contribution in [0.3, 0.4) is 0 Å². The van der Waals surface area contributed by atoms with Crippen molar-refractivity contribution in [1.82, 2.24) is 4.90 Å². The lowest BCUT2D eigenvalue weighted by Crippen LogP contribution is -2.45. The van der Waals surface area contributed by atoms with Gasteiger partial charge in [-0.1, -0.05) is 79.2 Å². The summed E-state index contributed by atoms with van der Waals surface area (Å²) in [5.74, 6) is -1.17. The van der Waals surface area contributed by atoms with Crippen LogP contribution in [-0.2, 0) is 44.2 Å². The smallest absolute Gasteiger partial charge is 0.264 e. The number of nitrogens with zero attached hydrogens (tertiary/aromatic N) is 3. The number of hydrogen-bond acceptors (Lipinski definition) is 5. The highest BCUT2D eigenvalue weighted by Gasteiger charge is 2.67. The first kappa shape index (κ1) is 36.0. The van der Waals surface area contributed by atoms with Gasteiger partial charge >= 0.3 is 0 Å². The topological polar surface area (TPSA) is 90.4 Å². The van der Waals surface area contributed by atoms with Crippen LogP contribution in [-0.4, -0.2) is 55.4 Å². The van der Waals surface area contributed by atoms with Crippen molar-refractivity contribution >= 4 is 54.8 Å². The molecule has 1 N–H and O–H groups in total. The Hall–Kier alpha value is -4.35. The molecule has 4 aromatic carbocycles. The van der Waals surface area contributed by atoms with Gasteiger partial charge in [-0.3, -0.25) is 19.3 Å². The number of carbonyl (C=O) groups excluding carboxylic acids is 3. The summed E-state index contributed by atoms with van der Waals surface area (Å²) >= 11 is 6.56. The molecule has 1 fully saturated rings. The fourth-order valence-electron chi connectivity index (χ4n) is 8.54. The summed E-state index contributed by atoms with van der Waals surface area (Å²) in [4.78, 5) is 46.7. The van der Waals surface area contributed by atoms with Gasteiger partial charge in [0.15, 0.2) is 5.60 Å². The SMILES string of the molecule is C[C@@H]1[C@@H]([Si](C)(C)F)[C@H](CC(=O)N(CCO)Cc2ccccc2)O[C@@]12C(=O)N(Cc1ccc(N3C(=O)CCc4ccccc43)cc1)c1ccc(Cl)cc12. The number of benzene rings is 4. The largest absolute Gasteiger partial charge is 0.395 e. The molecule has 0 bridgehead atoms. The normalized spacial score (nSPS) is 22.5. The van der Waals surface area contributed by atoms with Crippen LogP contribution in [0, 0.1) is 5.92 Å². The number of aliphatic hydroxyl groups is 1. The molecule has 3 aliphatic heterocycles. The number of fused-ring (bicyclic) bond motifs is 3. The van der Waals surface area contributed by atoms with E-state index >= 15 is 4.11 Å². The number of carbonyl (C=O) groups is 3. The van der Waals surface area contributed by atoms with Gasteiger partial charge in [-0.15, -0.1) is 0 Å². The van der Waals surface area contributed by atoms with E-state index < -0.39 is 31.6 Å². The van der Waals surface area contributed by atoms with E-state index in [0.29, 0.717) is 29.1 Å². The Morgan fingerprint density at radius 3 is 2.38 bits per heavy atom. The van der Waals surface area contributed by atoms with Crippen molar-refractivity contribution in [2.24, 2.45) is 5.92 Å². The lowest BCUT2D eigenvalue weighted by molar-refractivity contribution is -0.150. The standard InChI is InChI=1S/C41H43ClFN3O5Si/c1-27-39(52(2,3)43)36(24-38(49)44(21-22-47)25-28-9-5-4-6-10-28)51-41(27)33-23-31(42)16-19-35(33)45(40(41)50)26-29-13-17-32(18-14-29)46-34-12-8-7-11-30(34)15-20-37(46)48/h4-14,16-19,23,27,36,39,47H,15,20-22,24-26H2,1-3H3/t27-,36+,39-,41+/m1/s1. The summed E-state index contributed by atoms with van der Waals surface area (Å²) in [6.45, 7) is 5.45. The first-order valence-corrected chi connectivity index (χ1v) is 21.2. The Bertz CT molecular complexity index is 1990. The molecule has 1 saturated heterocycles. The number of amides is 3. The Morgan fingerprint density at radius 1 is 0.962 bits per heavy atom. The van der Waals surface area contributed by atoms with Gasteiger partial charge in [0, 0.05) is 47.2 Å². The molecule has 7 rings (SSSR count). The van der Waals surface area contributed by atoms with Crippen LogP contribution in [0.1, 0.15) is 42.0 Å². The molecule has 0 saturated carbocycles. The van der Waals surface area contributed by atoms with Gasteiger partial charge in [0.1, 0.15) is 0 Å². The van der Waals surface area contributed by atoms with Crippen LogP contribution >= 0.6 is 11.6 Å². The maximum atomic E-state index is 16.4. The molecular weight excluding hydrogens is 697 g/mol. The van der Waals surface area contributed by atoms with E-state index in [2.05, 4.69) is 0 Å². The zero-order chi connectivity index (χ0) is 36.8. The van der Waals surface area contributed by atoms with Crippen LogP contribution in [0.15, 0.2) is 97.1 Å². The average Bonchev–Trinajstić information content (AvgIpc) is 3.54. The number of ether oxygens (including phenoxy) is 1. The summed E-state index contributed by atoms with van der Waals surface area (Å²) in [6.07, 6.45) is 0.136. The number of aliphatic hydroxyl groups excluding tert-OH is 1. The highest BCUT2D eigenvalue weighted by Crippen LogP contribution is 2.60. The van der Waals surface area contributed by atoms with E-state index in [-0.39, 0.29) is 50.4 Å². The monoisotopic (exact) mass is 739 g/mol. The highest BCUT2D eigenvalue weighted by atomic mass is 35.5. The van der Waals surface area contributed by atoms with Crippen LogP contribution in [0.5, 0.6) is 0 Å². The molecule has 52 heavy (non-hydrogen) atoms. The minimum Gasteiger partial charge on any atom is -0.395 e. The van der Waals surface area contributed by atoms with Gasteiger partial charge in [0.25, 0.3) is 5.91 Å². The van der Waals surface area contributed by atoms with Gasteiger partial charge < -0.3 is 23.8 Å². The molecule has 4 aromatic rings. The third-order valence-corrected chi connectivity index (χ3v) is 13.6. The number of hydrogen-bond donors (Lipinski definition) is 1. The number of para-hydroxylation sites is 1. The number of rotatable bonds is 10. The van der Waals surface area contributed by atoms with E-state index in [4.69, 9.17) is 16.3 Å². The molecule has 3 heterocycles. The molecule has 8 nitrogen and oxygen atoms in total. The van der Waals surface area contributed by atoms with Gasteiger partial charge in [-0.2, -0.15) is 0 Å². The van der Waals surface area contributed by atoms with Gasteiger partial charge in [0.05, 0.1) is 37.1 Å². The van der Waals surface area contributed by atoms with Crippen LogP contribution < -0.4 is 9.80 Å². The second-order valence-electron chi connectivity index (χ2n) is 14.6. The molecule has 0 aromatic heterocycles. The Morgan fingerprint density at radius 2 is 1.67 bits per heavy atom. The molecular formula is C41H43ClFN3O5Si. The summed E-state index contributed by atoms with van der Waals surface area (Å²) in [6, 6.07) is 30.3. The van der Waals surface area contributed by atoms with E-state index in [1.165, 1.54) is 0 Å². The predicted molar refractivity (Wildman–Crippen MR) is 203 cm³/mol. The Labute approximate surface area is 309 Å². The lowest BCUT2D eigenvalue weighted by atomic mass is 9.82. The molecule has 270 valence electrons. The zero-order valence-corrected chi connectivity index (χ0v) is 31.4. The van der Waals surface area contributed by atoms with Gasteiger partial charge in [-0.05, 0) is 72.6 Å². The fraction of sp³-hybridized carbons (Fsp3) is 0.341. The summed E-state index contributed by atoms with van der Waals surface area (Å²) in [5.41, 5.74) is 3.46. The van der Waals surface area contributed by atoms with Gasteiger partial charge in [0.2, 0.25) is 20.2 Å². The maximum Gasteiger partial charge on any atom is 0.264 e. The van der Waals surface area contributed by atoms with Crippen molar-refractivity contribution < 1.29 is 28.3 Å². The van der Waals surface area contributed by atoms with Crippen molar-refractivity contribution in [3.05, 3.63) is 124 Å². The number of anilines is 3. The van der Waals surface area contributed by atoms with Crippen molar-refractivity contribution in [3.8, 4) is 0 Å². The Balaban J connectivity index is 1.18. The number of aryl methyl sites for hydroxylation is 1. The number of halogens is 2. The van der Waals surface area contributed by atoms with E-state index in [1.54, 1.807) is 46.0 Å². The minimum absolute atomic E-state index is 0.0303. The van der Waals surface area contributed by atoms with Crippen LogP contribution in [0.25, 0.3) is 0 Å². The molecule has 11 heteroatoms. The van der Waals surface area contributed by atoms with E-state index in [0.717, 1.165) is 28.1 Å². The first-order chi connectivity index (χ1) is 24.9. The molecule has 0 aliphatic carbocycles. The summed E-state index contributed by atoms with van der Waals surface area (Å²) in [7, 11) is -3.53. The first-order valence-electron chi connectivity index (χ1n) is 17.8. The van der Waals surface area contributed by atoms with E-state index in [9.17, 15) is 19.5 Å². The third kappa shape index (κ3) is 6.46. The molecule has 3 aliphatic rings. The predicted octanol–water partition coefficient (Wildman–Crippen LogP) is 7.68. The second kappa shape index (κ2) is 14.2. The average molecular weight is 740 g/mol. The summed E-state index contributed by atoms with van der Waals surface area (Å²) < 4.78 is 23.2. The minimum atomic E-state index is -3.53. The molecule has 4 atom stereocenters. The van der Waals surface area contributed by atoms with Crippen molar-refractivity contribution in [1.29, 1.82) is 0 Å². The van der Waals surface area contributed by atoms with Crippen LogP contribution in [0.2, 0.25) is 23.7 Å². The lowest BCUT2D eigenvalue weighted by Gasteiger charge is -2.31. The van der Waals surface area contributed by atoms with Gasteiger partial charge in [-0.25, -0.2) is 0 Å². The Kier molecular flexibility index (Phi) is 9.86. The van der Waals surface area contributed by atoms with Crippen LogP contribution in [0.4, 0.5) is 21.2 Å². The molecule has 1 spiro atoms. The molecule has 0 radical (unpaired) electrons. The van der Waals surface area contributed by atoms with Crippen molar-refractivity contribution in [3.63, 3.8) is 0 Å². The second-order valence-corrected chi connectivity index (χ2v) is 18.8.